The van der Waals surface area contributed by atoms with Crippen LogP contribution in [0.2, 0.25) is 0 Å². The van der Waals surface area contributed by atoms with Gasteiger partial charge in [-0.3, -0.25) is 9.79 Å². The van der Waals surface area contributed by atoms with E-state index in [0.717, 1.165) is 76.6 Å². The number of aliphatic imine (C=N–C) groups is 1. The number of benzene rings is 1. The van der Waals surface area contributed by atoms with Gasteiger partial charge in [0.1, 0.15) is 5.75 Å². The van der Waals surface area contributed by atoms with E-state index >= 15 is 0 Å². The van der Waals surface area contributed by atoms with Crippen LogP contribution < -0.4 is 15.4 Å². The number of ether oxygens (including phenoxy) is 1. The Kier molecular flexibility index (Phi) is 10.9. The first-order valence-electron chi connectivity index (χ1n) is 11.7. The number of nitrogens with one attached hydrogen (secondary N) is 2. The van der Waals surface area contributed by atoms with Gasteiger partial charge in [0.05, 0.1) is 6.61 Å². The molecule has 0 aliphatic carbocycles. The van der Waals surface area contributed by atoms with Crippen LogP contribution in [0.25, 0.3) is 0 Å². The van der Waals surface area contributed by atoms with Gasteiger partial charge in [-0.15, -0.1) is 24.0 Å². The lowest BCUT2D eigenvalue weighted by molar-refractivity contribution is -0.136. The first-order chi connectivity index (χ1) is 14.7. The van der Waals surface area contributed by atoms with Crippen molar-refractivity contribution in [2.24, 2.45) is 10.9 Å². The molecule has 0 aromatic heterocycles. The van der Waals surface area contributed by atoms with Crippen molar-refractivity contribution in [3.63, 3.8) is 0 Å². The Balaban J connectivity index is 0.00000341. The van der Waals surface area contributed by atoms with Gasteiger partial charge in [-0.05, 0) is 50.7 Å². The van der Waals surface area contributed by atoms with Crippen molar-refractivity contribution >= 4 is 35.8 Å². The molecule has 0 bridgehead atoms. The molecule has 1 aromatic carbocycles. The SMILES string of the molecule is CCNC(=NCC1CCOc2ccccc21)NC1CCN(C(=O)C(CC)CC)CC1.I. The quantitative estimate of drug-likeness (QED) is 0.309. The van der Waals surface area contributed by atoms with Crippen LogP contribution in [-0.2, 0) is 4.79 Å². The second-order valence-electron chi connectivity index (χ2n) is 8.35. The maximum atomic E-state index is 12.6. The van der Waals surface area contributed by atoms with Gasteiger partial charge < -0.3 is 20.3 Å². The zero-order chi connectivity index (χ0) is 21.3. The van der Waals surface area contributed by atoms with Gasteiger partial charge >= 0.3 is 0 Å². The monoisotopic (exact) mass is 542 g/mol. The molecule has 7 heteroatoms. The molecule has 174 valence electrons. The Hall–Kier alpha value is -1.51. The van der Waals surface area contributed by atoms with E-state index in [-0.39, 0.29) is 29.9 Å². The van der Waals surface area contributed by atoms with Gasteiger partial charge in [-0.2, -0.15) is 0 Å². The summed E-state index contributed by atoms with van der Waals surface area (Å²) in [7, 11) is 0. The number of guanidine groups is 1. The van der Waals surface area contributed by atoms with Crippen molar-refractivity contribution in [3.05, 3.63) is 29.8 Å². The van der Waals surface area contributed by atoms with Gasteiger partial charge in [0.2, 0.25) is 5.91 Å². The third kappa shape index (κ3) is 6.99. The van der Waals surface area contributed by atoms with Gasteiger partial charge in [0, 0.05) is 44.1 Å². The lowest BCUT2D eigenvalue weighted by Gasteiger charge is -2.35. The number of para-hydroxylation sites is 1. The highest BCUT2D eigenvalue weighted by Crippen LogP contribution is 2.33. The minimum atomic E-state index is 0. The highest BCUT2D eigenvalue weighted by molar-refractivity contribution is 14.0. The fourth-order valence-corrected chi connectivity index (χ4v) is 4.46. The first kappa shape index (κ1) is 25.7. The number of fused-ring (bicyclic) bond motifs is 1. The lowest BCUT2D eigenvalue weighted by atomic mass is 9.93. The number of hydrogen-bond acceptors (Lipinski definition) is 3. The fourth-order valence-electron chi connectivity index (χ4n) is 4.46. The topological polar surface area (TPSA) is 66.0 Å². The van der Waals surface area contributed by atoms with Gasteiger partial charge in [-0.25, -0.2) is 0 Å². The molecule has 1 aromatic rings. The number of piperidine rings is 1. The summed E-state index contributed by atoms with van der Waals surface area (Å²) < 4.78 is 5.78. The number of hydrogen-bond donors (Lipinski definition) is 2. The standard InChI is InChI=1S/C24H38N4O2.HI/c1-4-18(5-2)23(29)28-14-11-20(12-15-28)27-24(25-6-3)26-17-19-13-16-30-22-10-8-7-9-21(19)22;/h7-10,18-20H,4-6,11-17H2,1-3H3,(H2,25,26,27);1H. The van der Waals surface area contributed by atoms with Crippen LogP contribution in [-0.4, -0.2) is 55.6 Å². The Morgan fingerprint density at radius 1 is 1.16 bits per heavy atom. The van der Waals surface area contributed by atoms with Crippen molar-refractivity contribution in [3.8, 4) is 5.75 Å². The molecule has 1 saturated heterocycles. The maximum absolute atomic E-state index is 12.6. The molecule has 1 fully saturated rings. The second-order valence-corrected chi connectivity index (χ2v) is 8.35. The van der Waals surface area contributed by atoms with E-state index in [1.807, 2.05) is 12.1 Å². The van der Waals surface area contributed by atoms with Crippen LogP contribution in [0.1, 0.15) is 64.4 Å². The smallest absolute Gasteiger partial charge is 0.225 e. The number of carbonyl (C=O) groups is 1. The highest BCUT2D eigenvalue weighted by atomic mass is 127. The normalized spacial score (nSPS) is 19.3. The molecule has 1 amide bonds. The van der Waals surface area contributed by atoms with Crippen LogP contribution in [0.3, 0.4) is 0 Å². The third-order valence-corrected chi connectivity index (χ3v) is 6.38. The molecule has 2 aliphatic heterocycles. The summed E-state index contributed by atoms with van der Waals surface area (Å²) in [6.45, 7) is 10.3. The van der Waals surface area contributed by atoms with Crippen molar-refractivity contribution in [1.29, 1.82) is 0 Å². The summed E-state index contributed by atoms with van der Waals surface area (Å²) in [5.74, 6) is 2.78. The van der Waals surface area contributed by atoms with Crippen molar-refractivity contribution < 1.29 is 9.53 Å². The van der Waals surface area contributed by atoms with Crippen LogP contribution in [0.5, 0.6) is 5.75 Å². The van der Waals surface area contributed by atoms with Crippen LogP contribution >= 0.6 is 24.0 Å². The van der Waals surface area contributed by atoms with E-state index in [4.69, 9.17) is 9.73 Å². The van der Waals surface area contributed by atoms with Crippen molar-refractivity contribution in [2.75, 3.05) is 32.8 Å². The molecule has 0 radical (unpaired) electrons. The maximum Gasteiger partial charge on any atom is 0.225 e. The predicted octanol–water partition coefficient (Wildman–Crippen LogP) is 4.15. The van der Waals surface area contributed by atoms with E-state index in [1.54, 1.807) is 0 Å². The Morgan fingerprint density at radius 3 is 2.55 bits per heavy atom. The summed E-state index contributed by atoms with van der Waals surface area (Å²) in [5, 5.41) is 7.00. The van der Waals surface area contributed by atoms with Gasteiger partial charge in [-0.1, -0.05) is 32.0 Å². The van der Waals surface area contributed by atoms with Gasteiger partial charge in [0.25, 0.3) is 0 Å². The molecule has 0 saturated carbocycles. The van der Waals surface area contributed by atoms with E-state index in [2.05, 4.69) is 48.4 Å². The third-order valence-electron chi connectivity index (χ3n) is 6.38. The van der Waals surface area contributed by atoms with E-state index in [0.29, 0.717) is 17.9 Å². The summed E-state index contributed by atoms with van der Waals surface area (Å²) in [6.07, 6.45) is 4.80. The average molecular weight is 543 g/mol. The minimum absolute atomic E-state index is 0. The minimum Gasteiger partial charge on any atom is -0.493 e. The van der Waals surface area contributed by atoms with E-state index < -0.39 is 0 Å². The van der Waals surface area contributed by atoms with E-state index in [9.17, 15) is 4.79 Å². The molecule has 2 heterocycles. The number of amides is 1. The number of carbonyl (C=O) groups excluding carboxylic acids is 1. The number of rotatable bonds is 7. The van der Waals surface area contributed by atoms with Crippen LogP contribution in [0, 0.1) is 5.92 Å². The van der Waals surface area contributed by atoms with E-state index in [1.165, 1.54) is 5.56 Å². The highest BCUT2D eigenvalue weighted by Gasteiger charge is 2.27. The molecule has 0 spiro atoms. The predicted molar refractivity (Wildman–Crippen MR) is 137 cm³/mol. The number of nitrogens with zero attached hydrogens (tertiary/aromatic N) is 2. The van der Waals surface area contributed by atoms with Crippen LogP contribution in [0.4, 0.5) is 0 Å². The van der Waals surface area contributed by atoms with Gasteiger partial charge in [0.15, 0.2) is 5.96 Å². The Morgan fingerprint density at radius 2 is 1.87 bits per heavy atom. The molecule has 1 unspecified atom stereocenters. The Labute approximate surface area is 204 Å². The van der Waals surface area contributed by atoms with Crippen molar-refractivity contribution in [2.45, 2.75) is 64.8 Å². The molecule has 2 aliphatic rings. The summed E-state index contributed by atoms with van der Waals surface area (Å²) in [4.78, 5) is 19.6. The average Bonchev–Trinajstić information content (AvgIpc) is 2.79. The summed E-state index contributed by atoms with van der Waals surface area (Å²) in [6, 6.07) is 8.66. The largest absolute Gasteiger partial charge is 0.493 e. The molecular formula is C24H39IN4O2. The van der Waals surface area contributed by atoms with Crippen LogP contribution in [0.15, 0.2) is 29.3 Å². The molecular weight excluding hydrogens is 503 g/mol. The molecule has 2 N–H and O–H groups in total. The zero-order valence-electron chi connectivity index (χ0n) is 19.2. The molecule has 1 atom stereocenters. The summed E-state index contributed by atoms with van der Waals surface area (Å²) >= 11 is 0. The first-order valence-corrected chi connectivity index (χ1v) is 11.7. The fraction of sp³-hybridized carbons (Fsp3) is 0.667. The molecule has 6 nitrogen and oxygen atoms in total. The zero-order valence-corrected chi connectivity index (χ0v) is 21.6. The summed E-state index contributed by atoms with van der Waals surface area (Å²) in [5.41, 5.74) is 1.26. The Bertz CT molecular complexity index is 715. The van der Waals surface area contributed by atoms with Crippen molar-refractivity contribution in [1.82, 2.24) is 15.5 Å². The lowest BCUT2D eigenvalue weighted by Crippen LogP contribution is -2.50. The number of halogens is 1. The molecule has 3 rings (SSSR count). The number of likely N-dealkylation sites (tertiary alicyclic amines) is 1. The second kappa shape index (κ2) is 13.1. The molecule has 31 heavy (non-hydrogen) atoms.